The Morgan fingerprint density at radius 3 is 2.15 bits per heavy atom. The molecule has 0 aromatic heterocycles. The highest BCUT2D eigenvalue weighted by molar-refractivity contribution is 6.34. The molecule has 0 saturated heterocycles. The Labute approximate surface area is 114 Å². The van der Waals surface area contributed by atoms with Gasteiger partial charge in [0.25, 0.3) is 5.69 Å². The number of carbonyl (C=O) groups is 2. The number of methoxy groups -OCH3 is 3. The minimum absolute atomic E-state index is 0.0445. The lowest BCUT2D eigenvalue weighted by Crippen LogP contribution is -2.18. The maximum atomic E-state index is 11.5. The SMILES string of the molecule is COC(=O)C(=O)Cc1cc(OC)c(OC)cc1[N+](=O)[O-]. The first kappa shape index (κ1) is 15.4. The largest absolute Gasteiger partial charge is 0.493 e. The van der Waals surface area contributed by atoms with Crippen molar-refractivity contribution in [1.29, 1.82) is 0 Å². The van der Waals surface area contributed by atoms with E-state index in [0.29, 0.717) is 0 Å². The molecular formula is C12H13NO7. The number of nitro groups is 1. The first-order chi connectivity index (χ1) is 9.44. The van der Waals surface area contributed by atoms with E-state index >= 15 is 0 Å². The Hall–Kier alpha value is -2.64. The lowest BCUT2D eigenvalue weighted by molar-refractivity contribution is -0.385. The molecule has 0 radical (unpaired) electrons. The van der Waals surface area contributed by atoms with E-state index in [-0.39, 0.29) is 22.7 Å². The molecule has 8 nitrogen and oxygen atoms in total. The standard InChI is InChI=1S/C12H13NO7/c1-18-10-5-7(4-9(14)12(15)20-3)8(13(16)17)6-11(10)19-2/h5-6H,4H2,1-3H3. The van der Waals surface area contributed by atoms with Gasteiger partial charge in [-0.15, -0.1) is 0 Å². The van der Waals surface area contributed by atoms with Crippen LogP contribution in [-0.2, 0) is 20.7 Å². The van der Waals surface area contributed by atoms with Crippen molar-refractivity contribution in [1.82, 2.24) is 0 Å². The molecule has 0 fully saturated rings. The van der Waals surface area contributed by atoms with Gasteiger partial charge < -0.3 is 14.2 Å². The summed E-state index contributed by atoms with van der Waals surface area (Å²) in [5.74, 6) is -1.56. The maximum absolute atomic E-state index is 11.5. The van der Waals surface area contributed by atoms with Crippen LogP contribution < -0.4 is 9.47 Å². The minimum Gasteiger partial charge on any atom is -0.493 e. The summed E-state index contributed by atoms with van der Waals surface area (Å²) in [5.41, 5.74) is -0.289. The van der Waals surface area contributed by atoms with Gasteiger partial charge in [-0.05, 0) is 6.07 Å². The zero-order valence-electron chi connectivity index (χ0n) is 11.2. The Kier molecular flexibility index (Phi) is 5.01. The minimum atomic E-state index is -1.06. The van der Waals surface area contributed by atoms with Gasteiger partial charge in [-0.25, -0.2) is 4.79 Å². The molecule has 0 aliphatic carbocycles. The van der Waals surface area contributed by atoms with E-state index in [2.05, 4.69) is 4.74 Å². The number of rotatable bonds is 6. The number of hydrogen-bond donors (Lipinski definition) is 0. The van der Waals surface area contributed by atoms with Gasteiger partial charge in [-0.1, -0.05) is 0 Å². The second-order valence-electron chi connectivity index (χ2n) is 3.68. The van der Waals surface area contributed by atoms with Crippen LogP contribution >= 0.6 is 0 Å². The summed E-state index contributed by atoms with van der Waals surface area (Å²) in [6.45, 7) is 0. The van der Waals surface area contributed by atoms with Crippen molar-refractivity contribution in [3.8, 4) is 11.5 Å². The molecule has 0 aliphatic rings. The molecular weight excluding hydrogens is 270 g/mol. The van der Waals surface area contributed by atoms with Gasteiger partial charge in [0.05, 0.1) is 32.3 Å². The smallest absolute Gasteiger partial charge is 0.374 e. The van der Waals surface area contributed by atoms with Crippen molar-refractivity contribution in [2.24, 2.45) is 0 Å². The number of nitro benzene ring substituents is 1. The van der Waals surface area contributed by atoms with Crippen LogP contribution in [0.1, 0.15) is 5.56 Å². The van der Waals surface area contributed by atoms with Crippen molar-refractivity contribution in [3.63, 3.8) is 0 Å². The van der Waals surface area contributed by atoms with Gasteiger partial charge in [-0.3, -0.25) is 14.9 Å². The number of hydrogen-bond acceptors (Lipinski definition) is 7. The summed E-state index contributed by atoms with van der Waals surface area (Å²) < 4.78 is 14.2. The number of ketones is 1. The summed E-state index contributed by atoms with van der Waals surface area (Å²) in [5, 5.41) is 11.0. The highest BCUT2D eigenvalue weighted by atomic mass is 16.6. The van der Waals surface area contributed by atoms with Crippen LogP contribution in [0.25, 0.3) is 0 Å². The van der Waals surface area contributed by atoms with E-state index in [1.807, 2.05) is 0 Å². The Bertz CT molecular complexity index is 553. The molecule has 0 saturated carbocycles. The molecule has 108 valence electrons. The van der Waals surface area contributed by atoms with Crippen LogP contribution in [0, 0.1) is 10.1 Å². The zero-order valence-corrected chi connectivity index (χ0v) is 11.2. The van der Waals surface area contributed by atoms with Crippen LogP contribution in [0.2, 0.25) is 0 Å². The quantitative estimate of drug-likeness (QED) is 0.330. The van der Waals surface area contributed by atoms with E-state index < -0.39 is 23.1 Å². The van der Waals surface area contributed by atoms with E-state index in [9.17, 15) is 19.7 Å². The van der Waals surface area contributed by atoms with E-state index in [0.717, 1.165) is 13.2 Å². The van der Waals surface area contributed by atoms with Crippen molar-refractivity contribution in [2.75, 3.05) is 21.3 Å². The van der Waals surface area contributed by atoms with E-state index in [4.69, 9.17) is 9.47 Å². The average Bonchev–Trinajstić information content (AvgIpc) is 2.45. The van der Waals surface area contributed by atoms with Crippen molar-refractivity contribution in [3.05, 3.63) is 27.8 Å². The molecule has 0 N–H and O–H groups in total. The van der Waals surface area contributed by atoms with Gasteiger partial charge in [0.2, 0.25) is 5.78 Å². The second-order valence-corrected chi connectivity index (χ2v) is 3.68. The molecule has 0 atom stereocenters. The number of benzene rings is 1. The molecule has 1 aromatic carbocycles. The fourth-order valence-electron chi connectivity index (χ4n) is 1.58. The number of Topliss-reactive ketones (excluding diaryl/α,β-unsaturated/α-hetero) is 1. The summed E-state index contributed by atoms with van der Waals surface area (Å²) in [4.78, 5) is 32.9. The second kappa shape index (κ2) is 6.50. The summed E-state index contributed by atoms with van der Waals surface area (Å²) in [6, 6.07) is 2.43. The summed E-state index contributed by atoms with van der Waals surface area (Å²) in [6.07, 6.45) is -0.455. The maximum Gasteiger partial charge on any atom is 0.374 e. The number of nitrogens with zero attached hydrogens (tertiary/aromatic N) is 1. The zero-order chi connectivity index (χ0) is 15.3. The highest BCUT2D eigenvalue weighted by Gasteiger charge is 2.24. The van der Waals surface area contributed by atoms with Crippen LogP contribution in [0.3, 0.4) is 0 Å². The fourth-order valence-corrected chi connectivity index (χ4v) is 1.58. The van der Waals surface area contributed by atoms with E-state index in [1.54, 1.807) is 0 Å². The Balaban J connectivity index is 3.26. The fraction of sp³-hybridized carbons (Fsp3) is 0.333. The third-order valence-corrected chi connectivity index (χ3v) is 2.55. The van der Waals surface area contributed by atoms with Crippen molar-refractivity contribution in [2.45, 2.75) is 6.42 Å². The number of carbonyl (C=O) groups excluding carboxylic acids is 2. The molecule has 20 heavy (non-hydrogen) atoms. The van der Waals surface area contributed by atoms with Gasteiger partial charge in [-0.2, -0.15) is 0 Å². The normalized spacial score (nSPS) is 9.75. The molecule has 0 heterocycles. The van der Waals surface area contributed by atoms with Crippen LogP contribution in [0.4, 0.5) is 5.69 Å². The van der Waals surface area contributed by atoms with Crippen LogP contribution in [-0.4, -0.2) is 38.0 Å². The molecule has 0 unspecified atom stereocenters. The Morgan fingerprint density at radius 2 is 1.70 bits per heavy atom. The monoisotopic (exact) mass is 283 g/mol. The van der Waals surface area contributed by atoms with Crippen molar-refractivity contribution < 1.29 is 28.7 Å². The highest BCUT2D eigenvalue weighted by Crippen LogP contribution is 2.34. The predicted octanol–water partition coefficient (Wildman–Crippen LogP) is 0.897. The third kappa shape index (κ3) is 3.22. The third-order valence-electron chi connectivity index (χ3n) is 2.55. The molecule has 1 aromatic rings. The molecule has 0 amide bonds. The first-order valence-corrected chi connectivity index (χ1v) is 5.45. The molecule has 8 heteroatoms. The van der Waals surface area contributed by atoms with Gasteiger partial charge in [0, 0.05) is 12.0 Å². The lowest BCUT2D eigenvalue weighted by Gasteiger charge is -2.09. The summed E-state index contributed by atoms with van der Waals surface area (Å²) >= 11 is 0. The molecule has 0 aliphatic heterocycles. The topological polar surface area (TPSA) is 105 Å². The van der Waals surface area contributed by atoms with E-state index in [1.165, 1.54) is 20.3 Å². The van der Waals surface area contributed by atoms with Crippen molar-refractivity contribution >= 4 is 17.4 Å². The van der Waals surface area contributed by atoms with Crippen LogP contribution in [0.5, 0.6) is 11.5 Å². The molecule has 0 bridgehead atoms. The number of esters is 1. The van der Waals surface area contributed by atoms with Gasteiger partial charge in [0.1, 0.15) is 0 Å². The number of ether oxygens (including phenoxy) is 3. The lowest BCUT2D eigenvalue weighted by atomic mass is 10.1. The molecule has 0 spiro atoms. The average molecular weight is 283 g/mol. The van der Waals surface area contributed by atoms with Gasteiger partial charge in [0.15, 0.2) is 11.5 Å². The molecule has 1 rings (SSSR count). The summed E-state index contributed by atoms with van der Waals surface area (Å²) in [7, 11) is 3.75. The Morgan fingerprint density at radius 1 is 1.15 bits per heavy atom. The predicted molar refractivity (Wildman–Crippen MR) is 66.9 cm³/mol. The van der Waals surface area contributed by atoms with Crippen LogP contribution in [0.15, 0.2) is 12.1 Å². The first-order valence-electron chi connectivity index (χ1n) is 5.45. The van der Waals surface area contributed by atoms with Gasteiger partial charge >= 0.3 is 5.97 Å².